The molecule has 0 rings (SSSR count). The average Bonchev–Trinajstić information content (AvgIpc) is 3.15. The minimum Gasteiger partial charge on any atom is -0.462 e. The highest BCUT2D eigenvalue weighted by Crippen LogP contribution is 2.13. The van der Waals surface area contributed by atoms with Crippen molar-refractivity contribution in [3.63, 3.8) is 0 Å². The number of esters is 3. The van der Waals surface area contributed by atoms with E-state index in [1.807, 2.05) is 12.2 Å². The van der Waals surface area contributed by atoms with Gasteiger partial charge in [-0.3, -0.25) is 14.4 Å². The molecule has 0 aliphatic heterocycles. The van der Waals surface area contributed by atoms with Crippen molar-refractivity contribution in [1.29, 1.82) is 0 Å². The van der Waals surface area contributed by atoms with Gasteiger partial charge in [-0.2, -0.15) is 0 Å². The van der Waals surface area contributed by atoms with E-state index in [4.69, 9.17) is 14.2 Å². The van der Waals surface area contributed by atoms with Gasteiger partial charge in [-0.25, -0.2) is 0 Å². The molecule has 0 aromatic carbocycles. The van der Waals surface area contributed by atoms with E-state index in [1.165, 1.54) is 77.0 Å². The predicted molar refractivity (Wildman–Crippen MR) is 224 cm³/mol. The van der Waals surface area contributed by atoms with Crippen LogP contribution in [0.4, 0.5) is 0 Å². The van der Waals surface area contributed by atoms with E-state index < -0.39 is 6.10 Å². The molecular weight excluding hydrogens is 661 g/mol. The molecule has 53 heavy (non-hydrogen) atoms. The summed E-state index contributed by atoms with van der Waals surface area (Å²) in [6.45, 7) is 6.38. The van der Waals surface area contributed by atoms with Gasteiger partial charge < -0.3 is 14.2 Å². The molecule has 0 saturated carbocycles. The molecule has 0 heterocycles. The molecule has 0 radical (unpaired) electrons. The highest BCUT2D eigenvalue weighted by atomic mass is 16.6. The molecule has 1 unspecified atom stereocenters. The molecular formula is C47H80O6. The lowest BCUT2D eigenvalue weighted by Crippen LogP contribution is -2.30. The lowest BCUT2D eigenvalue weighted by Gasteiger charge is -2.18. The number of unbranched alkanes of at least 4 members (excludes halogenated alkanes) is 17. The summed E-state index contributed by atoms with van der Waals surface area (Å²) in [5.41, 5.74) is 0. The Morgan fingerprint density at radius 2 is 0.792 bits per heavy atom. The Hall–Kier alpha value is -2.89. The van der Waals surface area contributed by atoms with Crippen LogP contribution in [0.15, 0.2) is 60.8 Å². The second kappa shape index (κ2) is 41.9. The molecule has 0 aliphatic rings. The van der Waals surface area contributed by atoms with Crippen LogP contribution >= 0.6 is 0 Å². The van der Waals surface area contributed by atoms with Gasteiger partial charge in [0.15, 0.2) is 6.10 Å². The molecule has 0 bridgehead atoms. The Bertz CT molecular complexity index is 991. The highest BCUT2D eigenvalue weighted by Gasteiger charge is 2.19. The second-order valence-corrected chi connectivity index (χ2v) is 14.2. The van der Waals surface area contributed by atoms with Gasteiger partial charge in [0, 0.05) is 19.3 Å². The van der Waals surface area contributed by atoms with E-state index in [0.717, 1.165) is 77.0 Å². The van der Waals surface area contributed by atoms with Crippen molar-refractivity contribution in [3.8, 4) is 0 Å². The molecule has 6 nitrogen and oxygen atoms in total. The lowest BCUT2D eigenvalue weighted by molar-refractivity contribution is -0.166. The molecule has 0 aromatic rings. The first-order chi connectivity index (χ1) is 26.0. The lowest BCUT2D eigenvalue weighted by atomic mass is 10.1. The zero-order valence-electron chi connectivity index (χ0n) is 34.5. The molecule has 0 aliphatic carbocycles. The van der Waals surface area contributed by atoms with Crippen molar-refractivity contribution in [2.75, 3.05) is 13.2 Å². The molecule has 0 aromatic heterocycles. The molecule has 6 heteroatoms. The third-order valence-corrected chi connectivity index (χ3v) is 9.02. The van der Waals surface area contributed by atoms with Crippen LogP contribution in [-0.4, -0.2) is 37.2 Å². The monoisotopic (exact) mass is 741 g/mol. The maximum atomic E-state index is 12.7. The van der Waals surface area contributed by atoms with Crippen LogP contribution in [0.25, 0.3) is 0 Å². The van der Waals surface area contributed by atoms with Gasteiger partial charge in [0.1, 0.15) is 13.2 Å². The van der Waals surface area contributed by atoms with Gasteiger partial charge in [-0.15, -0.1) is 0 Å². The Morgan fingerprint density at radius 1 is 0.396 bits per heavy atom. The Morgan fingerprint density at radius 3 is 1.32 bits per heavy atom. The van der Waals surface area contributed by atoms with Gasteiger partial charge in [0.2, 0.25) is 0 Å². The smallest absolute Gasteiger partial charge is 0.306 e. The summed E-state index contributed by atoms with van der Waals surface area (Å²) in [5.74, 6) is -1.00. The largest absolute Gasteiger partial charge is 0.462 e. The normalized spacial score (nSPS) is 12.6. The third-order valence-electron chi connectivity index (χ3n) is 9.02. The van der Waals surface area contributed by atoms with Crippen molar-refractivity contribution in [2.24, 2.45) is 0 Å². The summed E-state index contributed by atoms with van der Waals surface area (Å²) >= 11 is 0. The van der Waals surface area contributed by atoms with Crippen LogP contribution in [0.5, 0.6) is 0 Å². The van der Waals surface area contributed by atoms with E-state index in [1.54, 1.807) is 0 Å². The predicted octanol–water partition coefficient (Wildman–Crippen LogP) is 13.7. The van der Waals surface area contributed by atoms with E-state index in [-0.39, 0.29) is 37.5 Å². The molecule has 1 atom stereocenters. The van der Waals surface area contributed by atoms with Crippen LogP contribution in [-0.2, 0) is 28.6 Å². The molecule has 0 fully saturated rings. The van der Waals surface area contributed by atoms with Gasteiger partial charge in [-0.1, -0.05) is 178 Å². The SMILES string of the molecule is CC/C=C\C/C=C\C/C=C\C/C=C\CCC(=O)OCC(COC(=O)CCCCCCCCCCCCC)OC(=O)CCCCCCC/C=C\CCCC. The number of carbonyl (C=O) groups excluding carboxylic acids is 3. The summed E-state index contributed by atoms with van der Waals surface area (Å²) in [7, 11) is 0. The maximum absolute atomic E-state index is 12.7. The molecule has 304 valence electrons. The molecule has 0 spiro atoms. The highest BCUT2D eigenvalue weighted by molar-refractivity contribution is 5.71. The second-order valence-electron chi connectivity index (χ2n) is 14.2. The summed E-state index contributed by atoms with van der Waals surface area (Å²) in [6, 6.07) is 0. The standard InChI is InChI=1S/C47H80O6/c1-4-7-10-13-16-19-22-23-26-28-31-34-37-40-46(49)52-43-44(53-47(50)41-38-35-32-29-25-21-18-15-12-9-6-3)42-51-45(48)39-36-33-30-27-24-20-17-14-11-8-5-2/h7,10,15-16,18-19,23,26,31,34,44H,4-6,8-9,11-14,17,20-22,24-25,27-30,32-33,35-43H2,1-3H3/b10-7-,18-15-,19-16-,26-23-,34-31-. The number of rotatable bonds is 38. The Balaban J connectivity index is 4.49. The average molecular weight is 741 g/mol. The zero-order chi connectivity index (χ0) is 38.7. The van der Waals surface area contributed by atoms with Crippen molar-refractivity contribution < 1.29 is 28.6 Å². The molecule has 0 amide bonds. The van der Waals surface area contributed by atoms with Crippen molar-refractivity contribution in [3.05, 3.63) is 60.8 Å². The minimum atomic E-state index is -0.801. The van der Waals surface area contributed by atoms with E-state index in [2.05, 4.69) is 69.4 Å². The van der Waals surface area contributed by atoms with Gasteiger partial charge in [0.05, 0.1) is 0 Å². The first kappa shape index (κ1) is 50.1. The van der Waals surface area contributed by atoms with Crippen LogP contribution in [0.1, 0.15) is 201 Å². The quantitative estimate of drug-likeness (QED) is 0.0271. The van der Waals surface area contributed by atoms with Crippen molar-refractivity contribution in [2.45, 2.75) is 207 Å². The zero-order valence-corrected chi connectivity index (χ0v) is 34.5. The maximum Gasteiger partial charge on any atom is 0.306 e. The summed E-state index contributed by atoms with van der Waals surface area (Å²) in [4.78, 5) is 37.6. The first-order valence-corrected chi connectivity index (χ1v) is 21.8. The van der Waals surface area contributed by atoms with E-state index >= 15 is 0 Å². The van der Waals surface area contributed by atoms with Crippen LogP contribution in [0, 0.1) is 0 Å². The van der Waals surface area contributed by atoms with Gasteiger partial charge >= 0.3 is 17.9 Å². The minimum absolute atomic E-state index is 0.0987. The topological polar surface area (TPSA) is 78.9 Å². The molecule has 0 saturated heterocycles. The third kappa shape index (κ3) is 40.1. The van der Waals surface area contributed by atoms with E-state index in [9.17, 15) is 14.4 Å². The summed E-state index contributed by atoms with van der Waals surface area (Å²) < 4.78 is 16.6. The number of allylic oxidation sites excluding steroid dienone is 10. The van der Waals surface area contributed by atoms with Crippen LogP contribution in [0.2, 0.25) is 0 Å². The number of carbonyl (C=O) groups is 3. The van der Waals surface area contributed by atoms with Crippen LogP contribution < -0.4 is 0 Å². The van der Waals surface area contributed by atoms with Gasteiger partial charge in [-0.05, 0) is 64.2 Å². The fourth-order valence-corrected chi connectivity index (χ4v) is 5.73. The fourth-order valence-electron chi connectivity index (χ4n) is 5.73. The Labute approximate surface area is 326 Å². The van der Waals surface area contributed by atoms with Crippen LogP contribution in [0.3, 0.4) is 0 Å². The number of hydrogen-bond acceptors (Lipinski definition) is 6. The number of hydrogen-bond donors (Lipinski definition) is 0. The summed E-state index contributed by atoms with van der Waals surface area (Å²) in [5, 5.41) is 0. The van der Waals surface area contributed by atoms with Crippen molar-refractivity contribution in [1.82, 2.24) is 0 Å². The molecule has 0 N–H and O–H groups in total. The number of ether oxygens (including phenoxy) is 3. The van der Waals surface area contributed by atoms with E-state index in [0.29, 0.717) is 19.3 Å². The van der Waals surface area contributed by atoms with Crippen molar-refractivity contribution >= 4 is 17.9 Å². The van der Waals surface area contributed by atoms with Gasteiger partial charge in [0.25, 0.3) is 0 Å². The Kier molecular flexibility index (Phi) is 39.6. The fraction of sp³-hybridized carbons (Fsp3) is 0.723. The first-order valence-electron chi connectivity index (χ1n) is 21.8. The summed E-state index contributed by atoms with van der Waals surface area (Å²) in [6.07, 6.45) is 49.3.